The zero-order valence-corrected chi connectivity index (χ0v) is 12.9. The van der Waals surface area contributed by atoms with Gasteiger partial charge in [0.25, 0.3) is 0 Å². The van der Waals surface area contributed by atoms with Crippen molar-refractivity contribution < 1.29 is 0 Å². The second-order valence-corrected chi connectivity index (χ2v) is 7.03. The molecule has 2 nitrogen and oxygen atoms in total. The summed E-state index contributed by atoms with van der Waals surface area (Å²) in [6.07, 6.45) is 15.3. The van der Waals surface area contributed by atoms with Gasteiger partial charge in [0, 0.05) is 18.6 Å². The summed E-state index contributed by atoms with van der Waals surface area (Å²) in [5.74, 6) is 0.883. The van der Waals surface area contributed by atoms with Gasteiger partial charge in [-0.2, -0.15) is 0 Å². The molecule has 0 radical (unpaired) electrons. The van der Waals surface area contributed by atoms with Crippen LogP contribution < -0.4 is 5.73 Å². The van der Waals surface area contributed by atoms with Crippen LogP contribution in [-0.2, 0) is 0 Å². The Labute approximate surface area is 120 Å². The molecule has 2 rings (SSSR count). The predicted molar refractivity (Wildman–Crippen MR) is 83.3 cm³/mol. The summed E-state index contributed by atoms with van der Waals surface area (Å²) in [4.78, 5) is 2.71. The van der Waals surface area contributed by atoms with Crippen LogP contribution >= 0.6 is 0 Å². The third-order valence-electron chi connectivity index (χ3n) is 5.21. The van der Waals surface area contributed by atoms with Gasteiger partial charge in [0.1, 0.15) is 0 Å². The summed E-state index contributed by atoms with van der Waals surface area (Å²) in [5.41, 5.74) is 6.54. The van der Waals surface area contributed by atoms with Crippen LogP contribution in [0.25, 0.3) is 0 Å². The lowest BCUT2D eigenvalue weighted by molar-refractivity contribution is 0.182. The number of nitrogens with zero attached hydrogens (tertiary/aromatic N) is 1. The van der Waals surface area contributed by atoms with E-state index in [1.165, 1.54) is 83.7 Å². The molecule has 0 aromatic heterocycles. The topological polar surface area (TPSA) is 29.3 Å². The molecule has 1 saturated carbocycles. The van der Waals surface area contributed by atoms with E-state index in [0.717, 1.165) is 5.92 Å². The Balaban J connectivity index is 1.87. The van der Waals surface area contributed by atoms with Crippen LogP contribution in [0.4, 0.5) is 0 Å². The van der Waals surface area contributed by atoms with Crippen molar-refractivity contribution in [2.75, 3.05) is 13.1 Å². The number of hydrogen-bond donors (Lipinski definition) is 1. The van der Waals surface area contributed by atoms with Crippen LogP contribution in [0.2, 0.25) is 0 Å². The Morgan fingerprint density at radius 2 is 1.37 bits per heavy atom. The van der Waals surface area contributed by atoms with E-state index in [4.69, 9.17) is 5.73 Å². The molecule has 0 bridgehead atoms. The van der Waals surface area contributed by atoms with E-state index >= 15 is 0 Å². The Morgan fingerprint density at radius 1 is 0.789 bits per heavy atom. The third-order valence-corrected chi connectivity index (χ3v) is 5.21. The first-order chi connectivity index (χ1) is 9.27. The lowest BCUT2D eigenvalue weighted by Crippen LogP contribution is -2.47. The maximum absolute atomic E-state index is 6.54. The minimum absolute atomic E-state index is 0.421. The Kier molecular flexibility index (Phi) is 6.66. The molecule has 2 aliphatic rings. The van der Waals surface area contributed by atoms with Gasteiger partial charge >= 0.3 is 0 Å². The smallest absolute Gasteiger partial charge is 0.0247 e. The molecule has 2 heteroatoms. The lowest BCUT2D eigenvalue weighted by Gasteiger charge is -2.33. The van der Waals surface area contributed by atoms with Crippen molar-refractivity contribution >= 4 is 0 Å². The molecule has 112 valence electrons. The van der Waals surface area contributed by atoms with Crippen LogP contribution in [0.1, 0.15) is 77.6 Å². The zero-order chi connectivity index (χ0) is 13.5. The SMILES string of the molecule is CC1CCN(C2CCCCCCCCCCC2N)C1. The first-order valence-corrected chi connectivity index (χ1v) is 8.77. The molecule has 1 saturated heterocycles. The number of likely N-dealkylation sites (tertiary alicyclic amines) is 1. The van der Waals surface area contributed by atoms with Crippen molar-refractivity contribution in [3.63, 3.8) is 0 Å². The summed E-state index contributed by atoms with van der Waals surface area (Å²) in [5, 5.41) is 0. The summed E-state index contributed by atoms with van der Waals surface area (Å²) < 4.78 is 0. The maximum Gasteiger partial charge on any atom is 0.0247 e. The minimum atomic E-state index is 0.421. The van der Waals surface area contributed by atoms with Gasteiger partial charge in [0.2, 0.25) is 0 Å². The first kappa shape index (κ1) is 15.3. The largest absolute Gasteiger partial charge is 0.326 e. The molecule has 0 aromatic carbocycles. The molecule has 2 fully saturated rings. The minimum Gasteiger partial charge on any atom is -0.326 e. The van der Waals surface area contributed by atoms with Crippen LogP contribution in [0.5, 0.6) is 0 Å². The van der Waals surface area contributed by atoms with Gasteiger partial charge in [0.15, 0.2) is 0 Å². The van der Waals surface area contributed by atoms with E-state index in [9.17, 15) is 0 Å². The molecule has 3 atom stereocenters. The number of hydrogen-bond acceptors (Lipinski definition) is 2. The highest BCUT2D eigenvalue weighted by Gasteiger charge is 2.29. The van der Waals surface area contributed by atoms with Crippen LogP contribution in [0, 0.1) is 5.92 Å². The average Bonchev–Trinajstić information content (AvgIpc) is 2.80. The van der Waals surface area contributed by atoms with Gasteiger partial charge in [-0.25, -0.2) is 0 Å². The monoisotopic (exact) mass is 266 g/mol. The molecule has 1 heterocycles. The molecule has 3 unspecified atom stereocenters. The van der Waals surface area contributed by atoms with Gasteiger partial charge < -0.3 is 5.73 Å². The quantitative estimate of drug-likeness (QED) is 0.779. The van der Waals surface area contributed by atoms with Crippen LogP contribution in [-0.4, -0.2) is 30.1 Å². The highest BCUT2D eigenvalue weighted by atomic mass is 15.2. The third kappa shape index (κ3) is 5.07. The Morgan fingerprint density at radius 3 is 1.95 bits per heavy atom. The maximum atomic E-state index is 6.54. The van der Waals surface area contributed by atoms with Gasteiger partial charge in [-0.05, 0) is 31.7 Å². The molecule has 19 heavy (non-hydrogen) atoms. The first-order valence-electron chi connectivity index (χ1n) is 8.77. The molecule has 2 N–H and O–H groups in total. The zero-order valence-electron chi connectivity index (χ0n) is 12.9. The summed E-state index contributed by atoms with van der Waals surface area (Å²) in [7, 11) is 0. The van der Waals surface area contributed by atoms with E-state index in [1.54, 1.807) is 0 Å². The lowest BCUT2D eigenvalue weighted by atomic mass is 9.93. The molecular weight excluding hydrogens is 232 g/mol. The van der Waals surface area contributed by atoms with Crippen molar-refractivity contribution in [3.8, 4) is 0 Å². The van der Waals surface area contributed by atoms with Crippen molar-refractivity contribution in [1.29, 1.82) is 0 Å². The molecule has 0 amide bonds. The van der Waals surface area contributed by atoms with E-state index in [2.05, 4.69) is 11.8 Å². The Hall–Kier alpha value is -0.0800. The number of rotatable bonds is 1. The van der Waals surface area contributed by atoms with Crippen molar-refractivity contribution in [1.82, 2.24) is 4.90 Å². The second kappa shape index (κ2) is 8.26. The van der Waals surface area contributed by atoms with Crippen molar-refractivity contribution in [2.24, 2.45) is 11.7 Å². The van der Waals surface area contributed by atoms with Crippen molar-refractivity contribution in [2.45, 2.75) is 89.6 Å². The van der Waals surface area contributed by atoms with Crippen LogP contribution in [0.15, 0.2) is 0 Å². The van der Waals surface area contributed by atoms with E-state index in [1.807, 2.05) is 0 Å². The van der Waals surface area contributed by atoms with Crippen molar-refractivity contribution in [3.05, 3.63) is 0 Å². The standard InChI is InChI=1S/C17H34N2/c1-15-12-13-19(14-15)17-11-9-7-5-3-2-4-6-8-10-16(17)18/h15-17H,2-14,18H2,1H3. The van der Waals surface area contributed by atoms with Gasteiger partial charge in [-0.15, -0.1) is 0 Å². The highest BCUT2D eigenvalue weighted by molar-refractivity contribution is 4.86. The summed E-state index contributed by atoms with van der Waals surface area (Å²) in [6, 6.07) is 1.09. The Bertz CT molecular complexity index is 241. The van der Waals surface area contributed by atoms with Gasteiger partial charge in [0.05, 0.1) is 0 Å². The average molecular weight is 266 g/mol. The normalized spacial score (nSPS) is 36.6. The molecule has 1 aliphatic carbocycles. The van der Waals surface area contributed by atoms with Crippen LogP contribution in [0.3, 0.4) is 0 Å². The van der Waals surface area contributed by atoms with E-state index < -0.39 is 0 Å². The fourth-order valence-corrected chi connectivity index (χ4v) is 3.92. The fourth-order valence-electron chi connectivity index (χ4n) is 3.92. The van der Waals surface area contributed by atoms with E-state index in [-0.39, 0.29) is 0 Å². The molecule has 1 aliphatic heterocycles. The molecule has 0 aromatic rings. The highest BCUT2D eigenvalue weighted by Crippen LogP contribution is 2.25. The fraction of sp³-hybridized carbons (Fsp3) is 1.00. The predicted octanol–water partition coefficient (Wildman–Crippen LogP) is 3.94. The van der Waals surface area contributed by atoms with E-state index in [0.29, 0.717) is 12.1 Å². The van der Waals surface area contributed by atoms with Gasteiger partial charge in [-0.1, -0.05) is 58.3 Å². The van der Waals surface area contributed by atoms with Gasteiger partial charge in [-0.3, -0.25) is 4.90 Å². The summed E-state index contributed by atoms with van der Waals surface area (Å²) >= 11 is 0. The second-order valence-electron chi connectivity index (χ2n) is 7.03. The molecular formula is C17H34N2. The summed E-state index contributed by atoms with van der Waals surface area (Å²) in [6.45, 7) is 4.97. The number of nitrogens with two attached hydrogens (primary N) is 1. The molecule has 0 spiro atoms.